The number of rotatable bonds is 2. The third-order valence-corrected chi connectivity index (χ3v) is 4.81. The van der Waals surface area contributed by atoms with Gasteiger partial charge in [-0.2, -0.15) is 0 Å². The Morgan fingerprint density at radius 3 is 2.53 bits per heavy atom. The molecule has 0 aromatic heterocycles. The number of hydrogen-bond acceptors (Lipinski definition) is 2. The zero-order valence-electron chi connectivity index (χ0n) is 12.2. The minimum atomic E-state index is -0.248. The lowest BCUT2D eigenvalue weighted by Crippen LogP contribution is -2.44. The van der Waals surface area contributed by atoms with E-state index < -0.39 is 0 Å². The third-order valence-electron chi connectivity index (χ3n) is 4.81. The summed E-state index contributed by atoms with van der Waals surface area (Å²) < 4.78 is 12.4. The summed E-state index contributed by atoms with van der Waals surface area (Å²) in [6.07, 6.45) is 4.12. The molecule has 0 spiro atoms. The predicted molar refractivity (Wildman–Crippen MR) is 78.8 cm³/mol. The first-order chi connectivity index (χ1) is 8.95. The molecule has 100 valence electrons. The topological polar surface area (TPSA) is 18.5 Å². The number of fused-ring (bicyclic) bond motifs is 1. The molecule has 1 saturated heterocycles. The molecule has 3 heteroatoms. The van der Waals surface area contributed by atoms with Crippen LogP contribution in [0.25, 0.3) is 6.08 Å². The van der Waals surface area contributed by atoms with Crippen molar-refractivity contribution in [1.82, 2.24) is 0 Å². The average Bonchev–Trinajstić information content (AvgIpc) is 2.89. The van der Waals surface area contributed by atoms with E-state index in [0.29, 0.717) is 0 Å². The monoisotopic (exact) mass is 256 g/mol. The Labute approximate surface area is 115 Å². The van der Waals surface area contributed by atoms with Crippen LogP contribution in [0.15, 0.2) is 29.7 Å². The molecular weight excluding hydrogens is 235 g/mol. The Bertz CT molecular complexity index is 535. The highest BCUT2D eigenvalue weighted by atomic mass is 16.7. The van der Waals surface area contributed by atoms with Crippen LogP contribution >= 0.6 is 0 Å². The summed E-state index contributed by atoms with van der Waals surface area (Å²) in [5.41, 5.74) is 3.45. The Kier molecular flexibility index (Phi) is 2.88. The fraction of sp³-hybridized carbons (Fsp3) is 0.500. The molecule has 1 aliphatic heterocycles. The van der Waals surface area contributed by atoms with Crippen molar-refractivity contribution >= 4 is 13.2 Å². The van der Waals surface area contributed by atoms with E-state index in [9.17, 15) is 0 Å². The maximum atomic E-state index is 6.24. The Hall–Kier alpha value is -1.06. The van der Waals surface area contributed by atoms with E-state index in [1.165, 1.54) is 16.6 Å². The van der Waals surface area contributed by atoms with Gasteiger partial charge in [0, 0.05) is 0 Å². The van der Waals surface area contributed by atoms with Gasteiger partial charge in [-0.1, -0.05) is 37.3 Å². The molecule has 0 bridgehead atoms. The van der Waals surface area contributed by atoms with Gasteiger partial charge in [-0.3, -0.25) is 0 Å². The third kappa shape index (κ3) is 1.96. The first-order valence-electron chi connectivity index (χ1n) is 7.09. The van der Waals surface area contributed by atoms with Crippen LogP contribution in [0.3, 0.4) is 0 Å². The fourth-order valence-corrected chi connectivity index (χ4v) is 2.91. The summed E-state index contributed by atoms with van der Waals surface area (Å²) in [6.45, 7) is 8.55. The second-order valence-corrected chi connectivity index (χ2v) is 6.26. The van der Waals surface area contributed by atoms with E-state index in [1.54, 1.807) is 0 Å². The van der Waals surface area contributed by atoms with E-state index >= 15 is 0 Å². The van der Waals surface area contributed by atoms with Crippen molar-refractivity contribution < 1.29 is 9.31 Å². The SMILES string of the molecule is CCC1(C)OB(C2=Cc3ccccc3C2)OC1(C)C. The van der Waals surface area contributed by atoms with Crippen LogP contribution < -0.4 is 0 Å². The van der Waals surface area contributed by atoms with Gasteiger partial charge in [0.1, 0.15) is 0 Å². The predicted octanol–water partition coefficient (Wildman–Crippen LogP) is 3.65. The zero-order chi connectivity index (χ0) is 13.7. The van der Waals surface area contributed by atoms with Crippen molar-refractivity contribution in [1.29, 1.82) is 0 Å². The summed E-state index contributed by atoms with van der Waals surface area (Å²) in [7, 11) is -0.202. The molecule has 0 N–H and O–H groups in total. The van der Waals surface area contributed by atoms with Crippen LogP contribution in [0.1, 0.15) is 45.2 Å². The van der Waals surface area contributed by atoms with Gasteiger partial charge in [-0.05, 0) is 50.2 Å². The maximum absolute atomic E-state index is 6.24. The molecule has 1 atom stereocenters. The normalized spacial score (nSPS) is 28.4. The first-order valence-corrected chi connectivity index (χ1v) is 7.09. The molecule has 1 unspecified atom stereocenters. The minimum Gasteiger partial charge on any atom is -0.400 e. The molecule has 0 saturated carbocycles. The highest BCUT2D eigenvalue weighted by molar-refractivity contribution is 6.56. The van der Waals surface area contributed by atoms with Gasteiger partial charge in [-0.15, -0.1) is 0 Å². The summed E-state index contributed by atoms with van der Waals surface area (Å²) in [5.74, 6) is 0. The molecule has 2 nitrogen and oxygen atoms in total. The molecule has 19 heavy (non-hydrogen) atoms. The molecule has 1 fully saturated rings. The number of benzene rings is 1. The van der Waals surface area contributed by atoms with Gasteiger partial charge in [0.15, 0.2) is 0 Å². The summed E-state index contributed by atoms with van der Waals surface area (Å²) in [5, 5.41) is 0. The smallest absolute Gasteiger partial charge is 0.400 e. The largest absolute Gasteiger partial charge is 0.490 e. The molecule has 1 aromatic carbocycles. The van der Waals surface area contributed by atoms with Crippen LogP contribution in [-0.2, 0) is 15.7 Å². The quantitative estimate of drug-likeness (QED) is 0.752. The van der Waals surface area contributed by atoms with Crippen LogP contribution in [0.5, 0.6) is 0 Å². The summed E-state index contributed by atoms with van der Waals surface area (Å²) in [4.78, 5) is 0. The van der Waals surface area contributed by atoms with Crippen LogP contribution in [0, 0.1) is 0 Å². The lowest BCUT2D eigenvalue weighted by molar-refractivity contribution is -0.0118. The molecule has 0 amide bonds. The second kappa shape index (κ2) is 4.22. The van der Waals surface area contributed by atoms with E-state index in [2.05, 4.69) is 58.0 Å². The van der Waals surface area contributed by atoms with Crippen molar-refractivity contribution in [2.24, 2.45) is 0 Å². The molecule has 2 aliphatic rings. The molecule has 3 rings (SSSR count). The van der Waals surface area contributed by atoms with E-state index in [0.717, 1.165) is 12.8 Å². The molecular formula is C16H21BO2. The molecule has 0 radical (unpaired) electrons. The van der Waals surface area contributed by atoms with Crippen LogP contribution in [0.2, 0.25) is 0 Å². The van der Waals surface area contributed by atoms with Crippen molar-refractivity contribution in [2.75, 3.05) is 0 Å². The summed E-state index contributed by atoms with van der Waals surface area (Å²) >= 11 is 0. The van der Waals surface area contributed by atoms with Gasteiger partial charge in [0.25, 0.3) is 0 Å². The van der Waals surface area contributed by atoms with Gasteiger partial charge in [0.2, 0.25) is 0 Å². The molecule has 1 aliphatic carbocycles. The van der Waals surface area contributed by atoms with Gasteiger partial charge >= 0.3 is 7.12 Å². The Morgan fingerprint density at radius 2 is 1.89 bits per heavy atom. The van der Waals surface area contributed by atoms with Gasteiger partial charge < -0.3 is 9.31 Å². The van der Waals surface area contributed by atoms with Crippen molar-refractivity contribution in [3.05, 3.63) is 40.9 Å². The van der Waals surface area contributed by atoms with Crippen molar-refractivity contribution in [2.45, 2.75) is 51.7 Å². The lowest BCUT2D eigenvalue weighted by atomic mass is 9.77. The van der Waals surface area contributed by atoms with E-state index in [4.69, 9.17) is 9.31 Å². The number of hydrogen-bond donors (Lipinski definition) is 0. The van der Waals surface area contributed by atoms with Crippen LogP contribution in [0.4, 0.5) is 0 Å². The van der Waals surface area contributed by atoms with E-state index in [-0.39, 0.29) is 18.3 Å². The van der Waals surface area contributed by atoms with Crippen LogP contribution in [-0.4, -0.2) is 18.3 Å². The molecule has 1 aromatic rings. The average molecular weight is 256 g/mol. The van der Waals surface area contributed by atoms with Crippen molar-refractivity contribution in [3.8, 4) is 0 Å². The Morgan fingerprint density at radius 1 is 1.16 bits per heavy atom. The first kappa shape index (κ1) is 13.0. The molecule has 1 heterocycles. The van der Waals surface area contributed by atoms with Crippen molar-refractivity contribution in [3.63, 3.8) is 0 Å². The summed E-state index contributed by atoms with van der Waals surface area (Å²) in [6, 6.07) is 8.50. The maximum Gasteiger partial charge on any atom is 0.490 e. The van der Waals surface area contributed by atoms with E-state index in [1.807, 2.05) is 0 Å². The highest BCUT2D eigenvalue weighted by Gasteiger charge is 2.54. The Balaban J connectivity index is 1.84. The minimum absolute atomic E-state index is 0.202. The highest BCUT2D eigenvalue weighted by Crippen LogP contribution is 2.42. The second-order valence-electron chi connectivity index (χ2n) is 6.26. The standard InChI is InChI=1S/C16H21BO2/c1-5-16(4)15(2,3)18-17(19-16)14-10-12-8-6-7-9-13(12)11-14/h6-10H,5,11H2,1-4H3. The fourth-order valence-electron chi connectivity index (χ4n) is 2.91. The van der Waals surface area contributed by atoms with Gasteiger partial charge in [-0.25, -0.2) is 0 Å². The lowest BCUT2D eigenvalue weighted by Gasteiger charge is -2.35. The zero-order valence-corrected chi connectivity index (χ0v) is 12.2. The number of allylic oxidation sites excluding steroid dienone is 1. The van der Waals surface area contributed by atoms with Gasteiger partial charge in [0.05, 0.1) is 11.2 Å².